The number of benzene rings is 1. The van der Waals surface area contributed by atoms with Crippen LogP contribution in [-0.4, -0.2) is 35.1 Å². The Bertz CT molecular complexity index is 966. The summed E-state index contributed by atoms with van der Waals surface area (Å²) in [5.74, 6) is 0.636. The molecule has 0 unspecified atom stereocenters. The fourth-order valence-electron chi connectivity index (χ4n) is 2.26. The maximum Gasteiger partial charge on any atom is 0.346 e. The molecule has 1 amide bonds. The average Bonchev–Trinajstić information content (AvgIpc) is 2.68. The molecule has 26 heavy (non-hydrogen) atoms. The van der Waals surface area contributed by atoms with Crippen molar-refractivity contribution in [2.24, 2.45) is 0 Å². The van der Waals surface area contributed by atoms with Crippen LogP contribution in [0.5, 0.6) is 11.6 Å². The van der Waals surface area contributed by atoms with E-state index in [1.807, 2.05) is 0 Å². The average molecular weight is 352 g/mol. The van der Waals surface area contributed by atoms with Crippen LogP contribution in [0.1, 0.15) is 10.5 Å². The van der Waals surface area contributed by atoms with Crippen LogP contribution in [-0.2, 0) is 0 Å². The molecule has 0 aliphatic heterocycles. The number of carbonyl (C=O) groups is 1. The number of nitrogens with one attached hydrogen (secondary N) is 2. The molecule has 3 aromatic rings. The lowest BCUT2D eigenvalue weighted by atomic mass is 10.1. The number of amides is 1. The van der Waals surface area contributed by atoms with Gasteiger partial charge < -0.3 is 19.8 Å². The van der Waals surface area contributed by atoms with Gasteiger partial charge in [0.15, 0.2) is 0 Å². The Morgan fingerprint density at radius 3 is 2.46 bits per heavy atom. The van der Waals surface area contributed by atoms with Gasteiger partial charge in [0, 0.05) is 11.6 Å². The van der Waals surface area contributed by atoms with E-state index in [4.69, 9.17) is 9.47 Å². The smallest absolute Gasteiger partial charge is 0.346 e. The number of hydrogen-bond donors (Lipinski definition) is 2. The van der Waals surface area contributed by atoms with Crippen LogP contribution >= 0.6 is 0 Å². The summed E-state index contributed by atoms with van der Waals surface area (Å²) in [7, 11) is 3.07. The zero-order valence-electron chi connectivity index (χ0n) is 14.1. The van der Waals surface area contributed by atoms with Gasteiger partial charge in [0.05, 0.1) is 31.8 Å². The zero-order valence-corrected chi connectivity index (χ0v) is 14.1. The molecule has 8 nitrogen and oxygen atoms in total. The van der Waals surface area contributed by atoms with E-state index >= 15 is 0 Å². The lowest BCUT2D eigenvalue weighted by Gasteiger charge is -2.07. The van der Waals surface area contributed by atoms with Gasteiger partial charge in [-0.3, -0.25) is 4.79 Å². The monoisotopic (exact) mass is 352 g/mol. The molecular formula is C18H16N4O4. The molecule has 0 bridgehead atoms. The largest absolute Gasteiger partial charge is 0.497 e. The third-order valence-corrected chi connectivity index (χ3v) is 3.58. The van der Waals surface area contributed by atoms with Gasteiger partial charge in [-0.2, -0.15) is 4.98 Å². The van der Waals surface area contributed by atoms with Crippen LogP contribution in [0, 0.1) is 0 Å². The molecule has 0 atom stereocenters. The van der Waals surface area contributed by atoms with Gasteiger partial charge >= 0.3 is 5.69 Å². The SMILES string of the molecule is COc1ccc(-c2cc(C(=O)Nc3ccc(OC)nc3)[nH]c(=O)n2)cc1. The zero-order chi connectivity index (χ0) is 18.5. The Kier molecular flexibility index (Phi) is 4.93. The summed E-state index contributed by atoms with van der Waals surface area (Å²) in [4.78, 5) is 34.6. The Morgan fingerprint density at radius 2 is 1.85 bits per heavy atom. The fourth-order valence-corrected chi connectivity index (χ4v) is 2.26. The summed E-state index contributed by atoms with van der Waals surface area (Å²) < 4.78 is 10.1. The lowest BCUT2D eigenvalue weighted by molar-refractivity contribution is 0.102. The van der Waals surface area contributed by atoms with Crippen molar-refractivity contribution < 1.29 is 14.3 Å². The Morgan fingerprint density at radius 1 is 1.08 bits per heavy atom. The quantitative estimate of drug-likeness (QED) is 0.728. The first-order valence-corrected chi connectivity index (χ1v) is 7.66. The summed E-state index contributed by atoms with van der Waals surface area (Å²) >= 11 is 0. The molecule has 8 heteroatoms. The minimum atomic E-state index is -0.615. The maximum atomic E-state index is 12.4. The van der Waals surface area contributed by atoms with Crippen molar-refractivity contribution in [3.8, 4) is 22.9 Å². The van der Waals surface area contributed by atoms with Gasteiger partial charge in [-0.25, -0.2) is 9.78 Å². The number of methoxy groups -OCH3 is 2. The van der Waals surface area contributed by atoms with E-state index in [0.717, 1.165) is 0 Å². The van der Waals surface area contributed by atoms with Crippen LogP contribution < -0.4 is 20.5 Å². The summed E-state index contributed by atoms with van der Waals surface area (Å²) in [6, 6.07) is 11.8. The number of hydrogen-bond acceptors (Lipinski definition) is 6. The highest BCUT2D eigenvalue weighted by molar-refractivity contribution is 6.03. The predicted octanol–water partition coefficient (Wildman–Crippen LogP) is 2.10. The van der Waals surface area contributed by atoms with E-state index in [2.05, 4.69) is 20.3 Å². The molecule has 2 heterocycles. The molecule has 0 fully saturated rings. The number of aromatic amines is 1. The second-order valence-electron chi connectivity index (χ2n) is 5.26. The standard InChI is InChI=1S/C18H16N4O4/c1-25-13-6-3-11(4-7-13)14-9-15(22-18(24)21-14)17(23)20-12-5-8-16(26-2)19-10-12/h3-10H,1-2H3,(H,20,23)(H,21,22,24). The maximum absolute atomic E-state index is 12.4. The molecule has 132 valence electrons. The molecule has 0 saturated carbocycles. The number of carbonyl (C=O) groups excluding carboxylic acids is 1. The molecule has 0 aliphatic carbocycles. The third-order valence-electron chi connectivity index (χ3n) is 3.58. The molecule has 0 aliphatic rings. The van der Waals surface area contributed by atoms with E-state index in [9.17, 15) is 9.59 Å². The van der Waals surface area contributed by atoms with Crippen molar-refractivity contribution in [1.29, 1.82) is 0 Å². The van der Waals surface area contributed by atoms with Gasteiger partial charge in [0.25, 0.3) is 5.91 Å². The van der Waals surface area contributed by atoms with Crippen molar-refractivity contribution >= 4 is 11.6 Å². The van der Waals surface area contributed by atoms with Gasteiger partial charge in [-0.1, -0.05) is 0 Å². The van der Waals surface area contributed by atoms with Crippen LogP contribution in [0.25, 0.3) is 11.3 Å². The molecule has 2 aromatic heterocycles. The summed E-state index contributed by atoms with van der Waals surface area (Å²) in [5.41, 5.74) is 1.02. The summed E-state index contributed by atoms with van der Waals surface area (Å²) in [6.07, 6.45) is 1.46. The molecular weight excluding hydrogens is 336 g/mol. The van der Waals surface area contributed by atoms with Crippen molar-refractivity contribution in [3.63, 3.8) is 0 Å². The van der Waals surface area contributed by atoms with Crippen molar-refractivity contribution in [1.82, 2.24) is 15.0 Å². The van der Waals surface area contributed by atoms with Gasteiger partial charge in [0.2, 0.25) is 5.88 Å². The molecule has 0 spiro atoms. The van der Waals surface area contributed by atoms with E-state index in [0.29, 0.717) is 28.6 Å². The van der Waals surface area contributed by atoms with Gasteiger partial charge in [-0.05, 0) is 36.4 Å². The number of H-pyrrole nitrogens is 1. The summed E-state index contributed by atoms with van der Waals surface area (Å²) in [5, 5.41) is 2.66. The minimum absolute atomic E-state index is 0.0895. The predicted molar refractivity (Wildman–Crippen MR) is 95.6 cm³/mol. The normalized spacial score (nSPS) is 10.2. The number of nitrogens with zero attached hydrogens (tertiary/aromatic N) is 2. The summed E-state index contributed by atoms with van der Waals surface area (Å²) in [6.45, 7) is 0. The van der Waals surface area contributed by atoms with Crippen LogP contribution in [0.3, 0.4) is 0 Å². The number of aromatic nitrogens is 3. The highest BCUT2D eigenvalue weighted by atomic mass is 16.5. The van der Waals surface area contributed by atoms with Crippen molar-refractivity contribution in [2.75, 3.05) is 19.5 Å². The molecule has 1 aromatic carbocycles. The fraction of sp³-hybridized carbons (Fsp3) is 0.111. The highest BCUT2D eigenvalue weighted by Crippen LogP contribution is 2.20. The van der Waals surface area contributed by atoms with E-state index in [1.165, 1.54) is 19.4 Å². The second-order valence-corrected chi connectivity index (χ2v) is 5.26. The van der Waals surface area contributed by atoms with Crippen LogP contribution in [0.2, 0.25) is 0 Å². The Labute approximate surface area is 148 Å². The van der Waals surface area contributed by atoms with Crippen LogP contribution in [0.15, 0.2) is 53.5 Å². The third kappa shape index (κ3) is 3.86. The van der Waals surface area contributed by atoms with E-state index in [-0.39, 0.29) is 5.69 Å². The molecule has 2 N–H and O–H groups in total. The Balaban J connectivity index is 1.85. The van der Waals surface area contributed by atoms with Crippen molar-refractivity contribution in [2.45, 2.75) is 0 Å². The molecule has 0 saturated heterocycles. The van der Waals surface area contributed by atoms with Crippen molar-refractivity contribution in [3.05, 3.63) is 64.8 Å². The number of ether oxygens (including phenoxy) is 2. The Hall–Kier alpha value is -3.68. The molecule has 3 rings (SSSR count). The number of pyridine rings is 1. The highest BCUT2D eigenvalue weighted by Gasteiger charge is 2.11. The van der Waals surface area contributed by atoms with E-state index in [1.54, 1.807) is 43.5 Å². The van der Waals surface area contributed by atoms with E-state index < -0.39 is 11.6 Å². The minimum Gasteiger partial charge on any atom is -0.497 e. The number of anilines is 1. The number of rotatable bonds is 5. The second kappa shape index (κ2) is 7.47. The van der Waals surface area contributed by atoms with Gasteiger partial charge in [0.1, 0.15) is 11.4 Å². The first-order valence-electron chi connectivity index (χ1n) is 7.66. The van der Waals surface area contributed by atoms with Crippen LogP contribution in [0.4, 0.5) is 5.69 Å². The molecule has 0 radical (unpaired) electrons. The first-order chi connectivity index (χ1) is 12.6. The lowest BCUT2D eigenvalue weighted by Crippen LogP contribution is -2.21. The topological polar surface area (TPSA) is 106 Å². The van der Waals surface area contributed by atoms with Gasteiger partial charge in [-0.15, -0.1) is 0 Å². The first kappa shape index (κ1) is 17.2.